The number of rotatable bonds is 6. The van der Waals surface area contributed by atoms with E-state index in [-0.39, 0.29) is 24.4 Å². The molecule has 0 radical (unpaired) electrons. The lowest BCUT2D eigenvalue weighted by atomic mass is 9.89. The number of aliphatic hydroxyl groups excluding tert-OH is 1. The van der Waals surface area contributed by atoms with Crippen LogP contribution >= 0.6 is 12.4 Å². The van der Waals surface area contributed by atoms with E-state index in [2.05, 4.69) is 17.4 Å². The molecule has 1 saturated heterocycles. The number of hydrogen-bond donors (Lipinski definition) is 2. The van der Waals surface area contributed by atoms with Crippen LogP contribution in [0.1, 0.15) is 48.5 Å². The van der Waals surface area contributed by atoms with Gasteiger partial charge in [-0.05, 0) is 57.7 Å². The molecule has 1 atom stereocenters. The molecular weight excluding hydrogens is 286 g/mol. The summed E-state index contributed by atoms with van der Waals surface area (Å²) in [6, 6.07) is 8.02. The van der Waals surface area contributed by atoms with Crippen LogP contribution in [0.3, 0.4) is 0 Å². The topological polar surface area (TPSA) is 49.3 Å². The zero-order valence-electron chi connectivity index (χ0n) is 12.7. The molecule has 0 aliphatic carbocycles. The van der Waals surface area contributed by atoms with E-state index in [0.717, 1.165) is 50.8 Å². The van der Waals surface area contributed by atoms with Crippen molar-refractivity contribution in [2.45, 2.75) is 45.1 Å². The molecule has 0 bridgehead atoms. The molecule has 1 fully saturated rings. The van der Waals surface area contributed by atoms with Gasteiger partial charge in [0.1, 0.15) is 0 Å². The first kappa shape index (κ1) is 18.1. The van der Waals surface area contributed by atoms with E-state index in [1.165, 1.54) is 5.56 Å². The highest BCUT2D eigenvalue weighted by molar-refractivity contribution is 5.97. The molecule has 1 unspecified atom stereocenters. The second-order valence-corrected chi connectivity index (χ2v) is 5.83. The Hall–Kier alpha value is -0.900. The van der Waals surface area contributed by atoms with E-state index < -0.39 is 0 Å². The molecular formula is C17H26ClNO2. The van der Waals surface area contributed by atoms with E-state index in [1.807, 2.05) is 19.1 Å². The molecule has 1 aromatic carbocycles. The van der Waals surface area contributed by atoms with Crippen LogP contribution in [0.4, 0.5) is 0 Å². The predicted molar refractivity (Wildman–Crippen MR) is 88.2 cm³/mol. The van der Waals surface area contributed by atoms with Crippen LogP contribution in [0.5, 0.6) is 0 Å². The second kappa shape index (κ2) is 9.19. The molecule has 1 aliphatic heterocycles. The van der Waals surface area contributed by atoms with E-state index in [4.69, 9.17) is 0 Å². The van der Waals surface area contributed by atoms with E-state index in [1.54, 1.807) is 0 Å². The molecule has 1 heterocycles. The smallest absolute Gasteiger partial charge is 0.166 e. The molecule has 3 nitrogen and oxygen atoms in total. The zero-order valence-corrected chi connectivity index (χ0v) is 13.5. The number of aliphatic hydroxyl groups is 1. The lowest BCUT2D eigenvalue weighted by molar-refractivity contribution is 0.0895. The molecule has 4 heteroatoms. The lowest BCUT2D eigenvalue weighted by Gasteiger charge is -2.21. The van der Waals surface area contributed by atoms with Crippen LogP contribution in [0.2, 0.25) is 0 Å². The molecule has 21 heavy (non-hydrogen) atoms. The van der Waals surface area contributed by atoms with Crippen molar-refractivity contribution in [2.75, 3.05) is 13.1 Å². The molecule has 1 aromatic rings. The zero-order chi connectivity index (χ0) is 14.4. The Labute approximate surface area is 133 Å². The van der Waals surface area contributed by atoms with Crippen LogP contribution in [-0.4, -0.2) is 30.1 Å². The lowest BCUT2D eigenvalue weighted by Crippen LogP contribution is -2.31. The highest BCUT2D eigenvalue weighted by atomic mass is 35.5. The monoisotopic (exact) mass is 311 g/mol. The standard InChI is InChI=1S/C17H25NO2.ClH/c1-13(19)3-2-4-14-5-7-15(8-6-14)17(20)16-9-11-18-12-10-16;/h5-8,13,16,18-19H,2-4,9-12H2,1H3;1H. The Kier molecular flexibility index (Phi) is 7.94. The van der Waals surface area contributed by atoms with Crippen molar-refractivity contribution in [3.63, 3.8) is 0 Å². The molecule has 0 aromatic heterocycles. The summed E-state index contributed by atoms with van der Waals surface area (Å²) < 4.78 is 0. The van der Waals surface area contributed by atoms with Gasteiger partial charge < -0.3 is 10.4 Å². The quantitative estimate of drug-likeness (QED) is 0.794. The first-order chi connectivity index (χ1) is 9.66. The number of carbonyl (C=O) groups is 1. The summed E-state index contributed by atoms with van der Waals surface area (Å²) in [5.41, 5.74) is 2.09. The largest absolute Gasteiger partial charge is 0.393 e. The first-order valence-corrected chi connectivity index (χ1v) is 7.69. The van der Waals surface area contributed by atoms with Gasteiger partial charge in [0.2, 0.25) is 0 Å². The molecule has 0 amide bonds. The number of Topliss-reactive ketones (excluding diaryl/α,β-unsaturated/α-hetero) is 1. The summed E-state index contributed by atoms with van der Waals surface area (Å²) in [4.78, 5) is 12.4. The Morgan fingerprint density at radius 3 is 2.48 bits per heavy atom. The highest BCUT2D eigenvalue weighted by Crippen LogP contribution is 2.19. The SMILES string of the molecule is CC(O)CCCc1ccc(C(=O)C2CCNCC2)cc1.Cl. The summed E-state index contributed by atoms with van der Waals surface area (Å²) in [7, 11) is 0. The second-order valence-electron chi connectivity index (χ2n) is 5.83. The number of ketones is 1. The van der Waals surface area contributed by atoms with Gasteiger partial charge in [0.25, 0.3) is 0 Å². The third-order valence-electron chi connectivity index (χ3n) is 4.04. The summed E-state index contributed by atoms with van der Waals surface area (Å²) in [6.45, 7) is 3.72. The van der Waals surface area contributed by atoms with Gasteiger partial charge in [-0.15, -0.1) is 12.4 Å². The van der Waals surface area contributed by atoms with Gasteiger partial charge in [0.15, 0.2) is 5.78 Å². The maximum Gasteiger partial charge on any atom is 0.166 e. The molecule has 1 aliphatic rings. The normalized spacial score (nSPS) is 17.0. The fraction of sp³-hybridized carbons (Fsp3) is 0.588. The Bertz CT molecular complexity index is 425. The van der Waals surface area contributed by atoms with Gasteiger partial charge in [-0.1, -0.05) is 24.3 Å². The minimum atomic E-state index is -0.226. The van der Waals surface area contributed by atoms with E-state index in [9.17, 15) is 9.90 Å². The number of carbonyl (C=O) groups excluding carboxylic acids is 1. The van der Waals surface area contributed by atoms with Crippen molar-refractivity contribution in [1.82, 2.24) is 5.32 Å². The van der Waals surface area contributed by atoms with Crippen molar-refractivity contribution in [1.29, 1.82) is 0 Å². The number of halogens is 1. The third-order valence-corrected chi connectivity index (χ3v) is 4.04. The van der Waals surface area contributed by atoms with Gasteiger partial charge in [-0.3, -0.25) is 4.79 Å². The van der Waals surface area contributed by atoms with Gasteiger partial charge in [-0.25, -0.2) is 0 Å². The molecule has 0 spiro atoms. The number of piperidine rings is 1. The van der Waals surface area contributed by atoms with Crippen LogP contribution < -0.4 is 5.32 Å². The third kappa shape index (κ3) is 5.77. The van der Waals surface area contributed by atoms with Crippen LogP contribution in [-0.2, 0) is 6.42 Å². The Morgan fingerprint density at radius 1 is 1.29 bits per heavy atom. The van der Waals surface area contributed by atoms with Gasteiger partial charge in [-0.2, -0.15) is 0 Å². The van der Waals surface area contributed by atoms with Crippen LogP contribution in [0.25, 0.3) is 0 Å². The number of aryl methyl sites for hydroxylation is 1. The number of hydrogen-bond acceptors (Lipinski definition) is 3. The fourth-order valence-corrected chi connectivity index (χ4v) is 2.76. The van der Waals surface area contributed by atoms with E-state index in [0.29, 0.717) is 5.78 Å². The van der Waals surface area contributed by atoms with Crippen molar-refractivity contribution in [2.24, 2.45) is 5.92 Å². The Morgan fingerprint density at radius 2 is 1.90 bits per heavy atom. The van der Waals surface area contributed by atoms with Crippen molar-refractivity contribution < 1.29 is 9.90 Å². The summed E-state index contributed by atoms with van der Waals surface area (Å²) in [5.74, 6) is 0.486. The highest BCUT2D eigenvalue weighted by Gasteiger charge is 2.21. The molecule has 2 rings (SSSR count). The van der Waals surface area contributed by atoms with Crippen molar-refractivity contribution in [3.05, 3.63) is 35.4 Å². The summed E-state index contributed by atoms with van der Waals surface area (Å²) in [5, 5.41) is 12.5. The average molecular weight is 312 g/mol. The van der Waals surface area contributed by atoms with Crippen LogP contribution in [0.15, 0.2) is 24.3 Å². The maximum atomic E-state index is 12.4. The first-order valence-electron chi connectivity index (χ1n) is 7.69. The average Bonchev–Trinajstić information content (AvgIpc) is 2.48. The van der Waals surface area contributed by atoms with Crippen LogP contribution in [0, 0.1) is 5.92 Å². The number of nitrogens with one attached hydrogen (secondary N) is 1. The van der Waals surface area contributed by atoms with Crippen molar-refractivity contribution in [3.8, 4) is 0 Å². The van der Waals surface area contributed by atoms with Gasteiger partial charge in [0, 0.05) is 11.5 Å². The van der Waals surface area contributed by atoms with Crippen molar-refractivity contribution >= 4 is 18.2 Å². The molecule has 2 N–H and O–H groups in total. The summed E-state index contributed by atoms with van der Waals surface area (Å²) in [6.07, 6.45) is 4.46. The molecule has 0 saturated carbocycles. The van der Waals surface area contributed by atoms with Gasteiger partial charge in [0.05, 0.1) is 6.10 Å². The predicted octanol–water partition coefficient (Wildman–Crippen LogP) is 2.99. The van der Waals surface area contributed by atoms with E-state index >= 15 is 0 Å². The van der Waals surface area contributed by atoms with Gasteiger partial charge >= 0.3 is 0 Å². The Balaban J connectivity index is 0.00000220. The fourth-order valence-electron chi connectivity index (χ4n) is 2.76. The summed E-state index contributed by atoms with van der Waals surface area (Å²) >= 11 is 0. The number of benzene rings is 1. The minimum Gasteiger partial charge on any atom is -0.393 e. The minimum absolute atomic E-state index is 0. The molecule has 118 valence electrons. The maximum absolute atomic E-state index is 12.4.